The normalized spacial score (nSPS) is 19.1. The van der Waals surface area contributed by atoms with Gasteiger partial charge in [-0.25, -0.2) is 14.2 Å². The molecule has 0 saturated heterocycles. The molecule has 1 aliphatic rings. The van der Waals surface area contributed by atoms with Gasteiger partial charge in [-0.2, -0.15) is 26.3 Å². The van der Waals surface area contributed by atoms with Crippen LogP contribution in [0.2, 0.25) is 0 Å². The van der Waals surface area contributed by atoms with E-state index in [2.05, 4.69) is 4.99 Å². The fraction of sp³-hybridized carbons (Fsp3) is 0.333. The van der Waals surface area contributed by atoms with E-state index in [1.165, 1.54) is 6.92 Å². The van der Waals surface area contributed by atoms with Gasteiger partial charge in [-0.3, -0.25) is 5.32 Å². The molecule has 5 nitrogen and oxygen atoms in total. The molecule has 1 aliphatic heterocycles. The largest absolute Gasteiger partial charge is 0.442 e. The van der Waals surface area contributed by atoms with Gasteiger partial charge < -0.3 is 9.64 Å². The Bertz CT molecular complexity index is 1010. The Balaban J connectivity index is 1.99. The van der Waals surface area contributed by atoms with Crippen molar-refractivity contribution in [1.29, 1.82) is 0 Å². The fourth-order valence-corrected chi connectivity index (χ4v) is 3.47. The van der Waals surface area contributed by atoms with Crippen molar-refractivity contribution >= 4 is 11.9 Å². The first-order valence-corrected chi connectivity index (χ1v) is 9.52. The predicted octanol–water partition coefficient (Wildman–Crippen LogP) is 5.19. The third kappa shape index (κ3) is 4.46. The zero-order chi connectivity index (χ0) is 24.6. The monoisotopic (exact) mass is 477 g/mol. The number of amidine groups is 1. The molecule has 1 heterocycles. The summed E-state index contributed by atoms with van der Waals surface area (Å²) in [6.45, 7) is 1.41. The molecule has 3 rings (SSSR count). The van der Waals surface area contributed by atoms with Gasteiger partial charge in [-0.1, -0.05) is 30.3 Å². The topological polar surface area (TPSA) is 53.9 Å². The van der Waals surface area contributed by atoms with Gasteiger partial charge in [0, 0.05) is 12.6 Å². The molecule has 0 spiro atoms. The lowest BCUT2D eigenvalue weighted by molar-refractivity contribution is -0.304. The van der Waals surface area contributed by atoms with E-state index in [1.54, 1.807) is 35.6 Å². The number of aliphatic imine (C=N–C) groups is 1. The van der Waals surface area contributed by atoms with Crippen LogP contribution in [-0.2, 0) is 4.74 Å². The Morgan fingerprint density at radius 2 is 1.58 bits per heavy atom. The minimum atomic E-state index is -5.94. The number of carbonyl (C=O) groups is 1. The summed E-state index contributed by atoms with van der Waals surface area (Å²) in [6.07, 6.45) is -17.1. The number of likely N-dealkylation sites (N-methyl/N-ethyl adjacent to an activating group) is 1. The first-order chi connectivity index (χ1) is 15.3. The quantitative estimate of drug-likeness (QED) is 0.617. The summed E-state index contributed by atoms with van der Waals surface area (Å²) in [5.41, 5.74) is -4.41. The lowest BCUT2D eigenvalue weighted by Crippen LogP contribution is -2.68. The maximum Gasteiger partial charge on any atom is 0.426 e. The molecule has 0 bridgehead atoms. The number of nitrogens with zero attached hydrogens (tertiary/aromatic N) is 2. The van der Waals surface area contributed by atoms with Gasteiger partial charge in [-0.15, -0.1) is 0 Å². The van der Waals surface area contributed by atoms with Crippen LogP contribution in [0.5, 0.6) is 0 Å². The highest BCUT2D eigenvalue weighted by molar-refractivity contribution is 6.01. The smallest absolute Gasteiger partial charge is 0.426 e. The van der Waals surface area contributed by atoms with E-state index in [-0.39, 0.29) is 5.56 Å². The highest BCUT2D eigenvalue weighted by Crippen LogP contribution is 2.51. The summed E-state index contributed by atoms with van der Waals surface area (Å²) in [6, 6.07) is 11.8. The molecular weight excluding hydrogens is 459 g/mol. The molecule has 2 aromatic rings. The lowest BCUT2D eigenvalue weighted by atomic mass is 9.95. The summed E-state index contributed by atoms with van der Waals surface area (Å²) in [5, 5.41) is 1.68. The molecule has 0 saturated carbocycles. The SMILES string of the molecule is C[C@@H](OC(=O)N[C@H]1N(C)C(c2ccc(F)cc2)=NC1(C(F)(F)F)C(F)(F)F)c1ccccc1. The molecule has 1 amide bonds. The van der Waals surface area contributed by atoms with Gasteiger partial charge in [0.25, 0.3) is 5.54 Å². The average Bonchev–Trinajstić information content (AvgIpc) is 3.02. The third-order valence-electron chi connectivity index (χ3n) is 5.17. The van der Waals surface area contributed by atoms with Crippen LogP contribution in [0.4, 0.5) is 35.5 Å². The number of halogens is 7. The molecular formula is C21H18F7N3O2. The number of ether oxygens (including phenoxy) is 1. The van der Waals surface area contributed by atoms with Crippen molar-refractivity contribution in [2.75, 3.05) is 7.05 Å². The molecule has 2 aromatic carbocycles. The number of benzene rings is 2. The van der Waals surface area contributed by atoms with E-state index in [1.807, 2.05) is 0 Å². The van der Waals surface area contributed by atoms with Gasteiger partial charge in [-0.05, 0) is 36.8 Å². The molecule has 0 unspecified atom stereocenters. The van der Waals surface area contributed by atoms with Crippen LogP contribution in [0.25, 0.3) is 0 Å². The number of hydrogen-bond acceptors (Lipinski definition) is 4. The Kier molecular flexibility index (Phi) is 6.31. The number of rotatable bonds is 4. The van der Waals surface area contributed by atoms with Gasteiger partial charge in [0.2, 0.25) is 0 Å². The Morgan fingerprint density at radius 3 is 2.09 bits per heavy atom. The van der Waals surface area contributed by atoms with Gasteiger partial charge in [0.1, 0.15) is 23.9 Å². The first-order valence-electron chi connectivity index (χ1n) is 9.52. The van der Waals surface area contributed by atoms with Crippen LogP contribution >= 0.6 is 0 Å². The molecule has 0 aromatic heterocycles. The standard InChI is InChI=1S/C21H18F7N3O2/c1-12(13-6-4-3-5-7-13)33-18(32)29-17-19(20(23,24)25,21(26,27)28)30-16(31(17)2)14-8-10-15(22)11-9-14/h3-12,17H,1-2H3,(H,29,32)/t12-,17+/m1/s1. The molecule has 12 heteroatoms. The van der Waals surface area contributed by atoms with Crippen molar-refractivity contribution in [2.24, 2.45) is 4.99 Å². The second-order valence-corrected chi connectivity index (χ2v) is 7.32. The van der Waals surface area contributed by atoms with E-state index in [0.717, 1.165) is 31.3 Å². The van der Waals surface area contributed by atoms with E-state index < -0.39 is 47.9 Å². The van der Waals surface area contributed by atoms with Crippen LogP contribution in [-0.4, -0.2) is 47.9 Å². The number of amides is 1. The summed E-state index contributed by atoms with van der Waals surface area (Å²) >= 11 is 0. The van der Waals surface area contributed by atoms with Gasteiger partial charge >= 0.3 is 18.4 Å². The highest BCUT2D eigenvalue weighted by Gasteiger charge is 2.79. The number of hydrogen-bond donors (Lipinski definition) is 1. The predicted molar refractivity (Wildman–Crippen MR) is 104 cm³/mol. The summed E-state index contributed by atoms with van der Waals surface area (Å²) < 4.78 is 102. The Labute approximate surface area is 183 Å². The van der Waals surface area contributed by atoms with Crippen molar-refractivity contribution < 1.29 is 40.3 Å². The van der Waals surface area contributed by atoms with Crippen molar-refractivity contribution in [2.45, 2.75) is 37.1 Å². The maximum absolute atomic E-state index is 14.0. The second-order valence-electron chi connectivity index (χ2n) is 7.32. The van der Waals surface area contributed by atoms with Crippen LogP contribution < -0.4 is 5.32 Å². The van der Waals surface area contributed by atoms with Crippen molar-refractivity contribution in [3.63, 3.8) is 0 Å². The summed E-state index contributed by atoms with van der Waals surface area (Å²) in [5.74, 6) is -1.47. The number of alkyl carbamates (subject to hydrolysis) is 1. The van der Waals surface area contributed by atoms with E-state index in [4.69, 9.17) is 4.74 Å². The number of alkyl halides is 6. The van der Waals surface area contributed by atoms with Crippen LogP contribution in [0.15, 0.2) is 59.6 Å². The minimum Gasteiger partial charge on any atom is -0.442 e. The lowest BCUT2D eigenvalue weighted by Gasteiger charge is -2.38. The zero-order valence-corrected chi connectivity index (χ0v) is 17.2. The maximum atomic E-state index is 14.0. The van der Waals surface area contributed by atoms with Crippen molar-refractivity contribution in [3.05, 3.63) is 71.5 Å². The fourth-order valence-electron chi connectivity index (χ4n) is 3.47. The molecule has 0 fully saturated rings. The molecule has 0 aliphatic carbocycles. The first kappa shape index (κ1) is 24.3. The molecule has 33 heavy (non-hydrogen) atoms. The van der Waals surface area contributed by atoms with E-state index in [9.17, 15) is 35.5 Å². The second kappa shape index (κ2) is 8.56. The van der Waals surface area contributed by atoms with Crippen molar-refractivity contribution in [3.8, 4) is 0 Å². The molecule has 1 N–H and O–H groups in total. The zero-order valence-electron chi connectivity index (χ0n) is 17.2. The summed E-state index contributed by atoms with van der Waals surface area (Å²) in [7, 11) is 0.910. The average molecular weight is 477 g/mol. The number of nitrogens with one attached hydrogen (secondary N) is 1. The van der Waals surface area contributed by atoms with E-state index in [0.29, 0.717) is 10.5 Å². The van der Waals surface area contributed by atoms with Crippen LogP contribution in [0.1, 0.15) is 24.2 Å². The van der Waals surface area contributed by atoms with Crippen LogP contribution in [0.3, 0.4) is 0 Å². The van der Waals surface area contributed by atoms with Crippen molar-refractivity contribution in [1.82, 2.24) is 10.2 Å². The minimum absolute atomic E-state index is 0.202. The van der Waals surface area contributed by atoms with Gasteiger partial charge in [0.15, 0.2) is 0 Å². The van der Waals surface area contributed by atoms with Gasteiger partial charge in [0.05, 0.1) is 0 Å². The Hall–Kier alpha value is -3.31. The Morgan fingerprint density at radius 1 is 1.03 bits per heavy atom. The third-order valence-corrected chi connectivity index (χ3v) is 5.17. The van der Waals surface area contributed by atoms with E-state index >= 15 is 0 Å². The summed E-state index contributed by atoms with van der Waals surface area (Å²) in [4.78, 5) is 15.9. The molecule has 178 valence electrons. The highest BCUT2D eigenvalue weighted by atomic mass is 19.4. The molecule has 0 radical (unpaired) electrons. The number of carbonyl (C=O) groups excluding carboxylic acids is 1. The molecule has 2 atom stereocenters. The van der Waals surface area contributed by atoms with Crippen LogP contribution in [0, 0.1) is 5.82 Å².